The molecule has 5 heteroatoms. The van der Waals surface area contributed by atoms with Gasteiger partial charge in [-0.1, -0.05) is 27.3 Å². The van der Waals surface area contributed by atoms with Crippen molar-refractivity contribution in [2.75, 3.05) is 5.32 Å². The fourth-order valence-electron chi connectivity index (χ4n) is 1.70. The van der Waals surface area contributed by atoms with Gasteiger partial charge in [0.05, 0.1) is 21.8 Å². The predicted molar refractivity (Wildman–Crippen MR) is 81.8 cm³/mol. The monoisotopic (exact) mass is 329 g/mol. The Hall–Kier alpha value is -1.90. The lowest BCUT2D eigenvalue weighted by atomic mass is 10.2. The summed E-state index contributed by atoms with van der Waals surface area (Å²) in [6, 6.07) is 15.6. The van der Waals surface area contributed by atoms with Crippen molar-refractivity contribution >= 4 is 48.3 Å². The molecule has 1 N–H and O–H groups in total. The Labute approximate surface area is 122 Å². The number of anilines is 2. The Morgan fingerprint density at radius 3 is 2.68 bits per heavy atom. The lowest BCUT2D eigenvalue weighted by Gasteiger charge is -2.01. The van der Waals surface area contributed by atoms with Crippen molar-refractivity contribution in [1.29, 1.82) is 5.26 Å². The summed E-state index contributed by atoms with van der Waals surface area (Å²) in [7, 11) is 0. The summed E-state index contributed by atoms with van der Waals surface area (Å²) in [6.07, 6.45) is 0. The number of benzene rings is 2. The van der Waals surface area contributed by atoms with Crippen LogP contribution in [0, 0.1) is 11.3 Å². The molecule has 0 spiro atoms. The summed E-state index contributed by atoms with van der Waals surface area (Å²) in [6.45, 7) is 0. The van der Waals surface area contributed by atoms with E-state index in [1.54, 1.807) is 17.4 Å². The Balaban J connectivity index is 1.93. The van der Waals surface area contributed by atoms with Gasteiger partial charge in [-0.15, -0.1) is 0 Å². The molecule has 0 aliphatic rings. The van der Waals surface area contributed by atoms with Gasteiger partial charge in [0.15, 0.2) is 5.13 Å². The van der Waals surface area contributed by atoms with Crippen molar-refractivity contribution in [3.63, 3.8) is 0 Å². The van der Waals surface area contributed by atoms with Crippen LogP contribution in [0.4, 0.5) is 10.8 Å². The average Bonchev–Trinajstić information content (AvgIpc) is 2.82. The molecule has 3 nitrogen and oxygen atoms in total. The number of thiazole rings is 1. The average molecular weight is 330 g/mol. The third kappa shape index (κ3) is 2.60. The summed E-state index contributed by atoms with van der Waals surface area (Å²) in [4.78, 5) is 4.49. The van der Waals surface area contributed by atoms with E-state index < -0.39 is 0 Å². The number of nitrogens with one attached hydrogen (secondary N) is 1. The molecule has 2 aromatic carbocycles. The van der Waals surface area contributed by atoms with Gasteiger partial charge in [-0.3, -0.25) is 0 Å². The van der Waals surface area contributed by atoms with E-state index >= 15 is 0 Å². The first-order chi connectivity index (χ1) is 9.24. The number of nitriles is 1. The second-order valence-electron chi connectivity index (χ2n) is 3.95. The Morgan fingerprint density at radius 1 is 1.16 bits per heavy atom. The molecule has 0 aliphatic heterocycles. The van der Waals surface area contributed by atoms with Gasteiger partial charge >= 0.3 is 0 Å². The molecular formula is C14H8BrN3S. The summed E-state index contributed by atoms with van der Waals surface area (Å²) in [5.41, 5.74) is 2.55. The van der Waals surface area contributed by atoms with E-state index in [9.17, 15) is 0 Å². The van der Waals surface area contributed by atoms with Crippen LogP contribution in [0.25, 0.3) is 10.2 Å². The molecule has 3 rings (SSSR count). The number of halogens is 1. The third-order valence-electron chi connectivity index (χ3n) is 2.61. The minimum atomic E-state index is 0.659. The second-order valence-corrected chi connectivity index (χ2v) is 5.89. The third-order valence-corrected chi connectivity index (χ3v) is 4.08. The van der Waals surface area contributed by atoms with Gasteiger partial charge in [-0.2, -0.15) is 5.26 Å². The Bertz CT molecular complexity index is 771. The topological polar surface area (TPSA) is 48.7 Å². The Morgan fingerprint density at radius 2 is 1.95 bits per heavy atom. The highest BCUT2D eigenvalue weighted by Crippen LogP contribution is 2.29. The highest BCUT2D eigenvalue weighted by atomic mass is 79.9. The van der Waals surface area contributed by atoms with Gasteiger partial charge < -0.3 is 5.32 Å². The van der Waals surface area contributed by atoms with Gasteiger partial charge in [0.2, 0.25) is 0 Å². The van der Waals surface area contributed by atoms with Crippen LogP contribution >= 0.6 is 27.3 Å². The molecule has 0 bridgehead atoms. The van der Waals surface area contributed by atoms with Gasteiger partial charge in [0.1, 0.15) is 0 Å². The van der Waals surface area contributed by atoms with Gasteiger partial charge in [0, 0.05) is 10.2 Å². The van der Waals surface area contributed by atoms with E-state index in [4.69, 9.17) is 5.26 Å². The molecular weight excluding hydrogens is 322 g/mol. The largest absolute Gasteiger partial charge is 0.332 e. The molecule has 0 atom stereocenters. The normalized spacial score (nSPS) is 10.3. The molecule has 0 fully saturated rings. The quantitative estimate of drug-likeness (QED) is 0.742. The molecule has 0 radical (unpaired) electrons. The van der Waals surface area contributed by atoms with Crippen molar-refractivity contribution < 1.29 is 0 Å². The molecule has 0 unspecified atom stereocenters. The molecule has 1 heterocycles. The molecule has 19 heavy (non-hydrogen) atoms. The number of hydrogen-bond donors (Lipinski definition) is 1. The van der Waals surface area contributed by atoms with E-state index in [2.05, 4.69) is 32.3 Å². The van der Waals surface area contributed by atoms with Crippen LogP contribution in [0.2, 0.25) is 0 Å². The fraction of sp³-hybridized carbons (Fsp3) is 0. The molecule has 0 saturated heterocycles. The molecule has 92 valence electrons. The van der Waals surface area contributed by atoms with Crippen LogP contribution in [0.1, 0.15) is 5.56 Å². The van der Waals surface area contributed by atoms with Crippen molar-refractivity contribution in [1.82, 2.24) is 4.98 Å². The van der Waals surface area contributed by atoms with Crippen LogP contribution in [-0.4, -0.2) is 4.98 Å². The van der Waals surface area contributed by atoms with E-state index in [1.807, 2.05) is 36.4 Å². The highest BCUT2D eigenvalue weighted by molar-refractivity contribution is 9.10. The van der Waals surface area contributed by atoms with Crippen LogP contribution in [0.15, 0.2) is 46.9 Å². The fourth-order valence-corrected chi connectivity index (χ4v) is 2.89. The molecule has 0 saturated carbocycles. The smallest absolute Gasteiger partial charge is 0.188 e. The molecule has 0 aliphatic carbocycles. The van der Waals surface area contributed by atoms with E-state index in [0.717, 1.165) is 25.5 Å². The zero-order valence-corrected chi connectivity index (χ0v) is 12.1. The number of aromatic nitrogens is 1. The maximum Gasteiger partial charge on any atom is 0.188 e. The Kier molecular flexibility index (Phi) is 3.20. The zero-order chi connectivity index (χ0) is 13.2. The van der Waals surface area contributed by atoms with Crippen LogP contribution in [0.3, 0.4) is 0 Å². The summed E-state index contributed by atoms with van der Waals surface area (Å²) in [5.74, 6) is 0. The summed E-state index contributed by atoms with van der Waals surface area (Å²) in [5, 5.41) is 13.0. The van der Waals surface area contributed by atoms with Crippen molar-refractivity contribution in [3.05, 3.63) is 52.5 Å². The maximum atomic E-state index is 8.88. The number of hydrogen-bond acceptors (Lipinski definition) is 4. The van der Waals surface area contributed by atoms with Gasteiger partial charge in [0.25, 0.3) is 0 Å². The van der Waals surface area contributed by atoms with E-state index in [0.29, 0.717) is 5.56 Å². The standard InChI is InChI=1S/C14H8BrN3S/c15-10-2-4-11(5-3-10)17-14-18-12-6-1-9(8-16)7-13(12)19-14/h1-7H,(H,17,18). The van der Waals surface area contributed by atoms with Crippen molar-refractivity contribution in [2.24, 2.45) is 0 Å². The number of rotatable bonds is 2. The lowest BCUT2D eigenvalue weighted by Crippen LogP contribution is -1.87. The SMILES string of the molecule is N#Cc1ccc2nc(Nc3ccc(Br)cc3)sc2c1. The first-order valence-electron chi connectivity index (χ1n) is 5.58. The van der Waals surface area contributed by atoms with Crippen LogP contribution in [0.5, 0.6) is 0 Å². The highest BCUT2D eigenvalue weighted by Gasteiger charge is 2.05. The van der Waals surface area contributed by atoms with Crippen molar-refractivity contribution in [3.8, 4) is 6.07 Å². The van der Waals surface area contributed by atoms with Gasteiger partial charge in [-0.25, -0.2) is 4.98 Å². The molecule has 3 aromatic rings. The number of fused-ring (bicyclic) bond motifs is 1. The maximum absolute atomic E-state index is 8.88. The first kappa shape index (κ1) is 12.2. The minimum Gasteiger partial charge on any atom is -0.332 e. The second kappa shape index (κ2) is 5.00. The van der Waals surface area contributed by atoms with Crippen molar-refractivity contribution in [2.45, 2.75) is 0 Å². The van der Waals surface area contributed by atoms with Crippen LogP contribution < -0.4 is 5.32 Å². The lowest BCUT2D eigenvalue weighted by molar-refractivity contribution is 1.44. The van der Waals surface area contributed by atoms with E-state index in [-0.39, 0.29) is 0 Å². The summed E-state index contributed by atoms with van der Waals surface area (Å²) < 4.78 is 2.06. The minimum absolute atomic E-state index is 0.659. The predicted octanol–water partition coefficient (Wildman–Crippen LogP) is 4.67. The number of nitrogens with zero attached hydrogens (tertiary/aromatic N) is 2. The first-order valence-corrected chi connectivity index (χ1v) is 7.19. The summed E-state index contributed by atoms with van der Waals surface area (Å²) >= 11 is 4.94. The molecule has 1 aromatic heterocycles. The molecule has 0 amide bonds. The van der Waals surface area contributed by atoms with Gasteiger partial charge in [-0.05, 0) is 42.5 Å². The van der Waals surface area contributed by atoms with Crippen LogP contribution in [-0.2, 0) is 0 Å². The zero-order valence-electron chi connectivity index (χ0n) is 9.72. The van der Waals surface area contributed by atoms with E-state index in [1.165, 1.54) is 0 Å².